The SMILES string of the molecule is CCCc1ccccc1O.CCc1ccccc1O. The Morgan fingerprint density at radius 1 is 0.737 bits per heavy atom. The van der Waals surface area contributed by atoms with Crippen molar-refractivity contribution in [1.82, 2.24) is 0 Å². The van der Waals surface area contributed by atoms with E-state index in [-0.39, 0.29) is 0 Å². The van der Waals surface area contributed by atoms with Crippen molar-refractivity contribution in [2.75, 3.05) is 0 Å². The summed E-state index contributed by atoms with van der Waals surface area (Å²) >= 11 is 0. The Hall–Kier alpha value is -1.96. The average Bonchev–Trinajstić information content (AvgIpc) is 2.43. The van der Waals surface area contributed by atoms with Gasteiger partial charge in [0.1, 0.15) is 11.5 Å². The van der Waals surface area contributed by atoms with Crippen molar-refractivity contribution in [3.63, 3.8) is 0 Å². The summed E-state index contributed by atoms with van der Waals surface area (Å²) in [5.74, 6) is 0.823. The molecule has 19 heavy (non-hydrogen) atoms. The zero-order valence-electron chi connectivity index (χ0n) is 11.6. The van der Waals surface area contributed by atoms with Crippen LogP contribution in [-0.4, -0.2) is 10.2 Å². The predicted molar refractivity (Wildman–Crippen MR) is 79.6 cm³/mol. The molecule has 2 heteroatoms. The van der Waals surface area contributed by atoms with Gasteiger partial charge < -0.3 is 10.2 Å². The molecule has 0 aliphatic heterocycles. The molecule has 2 aromatic rings. The fraction of sp³-hybridized carbons (Fsp3) is 0.294. The molecule has 0 amide bonds. The Morgan fingerprint density at radius 3 is 1.58 bits per heavy atom. The van der Waals surface area contributed by atoms with Crippen LogP contribution in [-0.2, 0) is 12.8 Å². The van der Waals surface area contributed by atoms with Crippen molar-refractivity contribution in [2.45, 2.75) is 33.1 Å². The van der Waals surface area contributed by atoms with E-state index in [9.17, 15) is 5.11 Å². The standard InChI is InChI=1S/C9H12O.C8H10O/c1-2-5-8-6-3-4-7-9(8)10;1-2-7-5-3-4-6-8(7)9/h3-4,6-7,10H,2,5H2,1H3;3-6,9H,2H2,1H3. The molecule has 2 nitrogen and oxygen atoms in total. The van der Waals surface area contributed by atoms with Gasteiger partial charge in [0.05, 0.1) is 0 Å². The summed E-state index contributed by atoms with van der Waals surface area (Å²) in [6, 6.07) is 14.9. The Bertz CT molecular complexity index is 492. The Morgan fingerprint density at radius 2 is 1.21 bits per heavy atom. The van der Waals surface area contributed by atoms with Gasteiger partial charge >= 0.3 is 0 Å². The van der Waals surface area contributed by atoms with E-state index in [4.69, 9.17) is 5.11 Å². The molecule has 0 atom stereocenters. The largest absolute Gasteiger partial charge is 0.508 e. The molecule has 0 spiro atoms. The summed E-state index contributed by atoms with van der Waals surface area (Å²) in [4.78, 5) is 0. The van der Waals surface area contributed by atoms with E-state index in [1.54, 1.807) is 12.1 Å². The lowest BCUT2D eigenvalue weighted by Gasteiger charge is -1.99. The molecule has 0 saturated heterocycles. The minimum Gasteiger partial charge on any atom is -0.508 e. The van der Waals surface area contributed by atoms with Crippen LogP contribution in [0.4, 0.5) is 0 Å². The van der Waals surface area contributed by atoms with Crippen molar-refractivity contribution in [3.8, 4) is 11.5 Å². The van der Waals surface area contributed by atoms with Gasteiger partial charge in [-0.15, -0.1) is 0 Å². The molecule has 0 unspecified atom stereocenters. The average molecular weight is 258 g/mol. The Kier molecular flexibility index (Phi) is 6.51. The van der Waals surface area contributed by atoms with E-state index in [1.165, 1.54) is 0 Å². The maximum atomic E-state index is 9.24. The number of phenolic OH excluding ortho intramolecular Hbond substituents is 2. The van der Waals surface area contributed by atoms with Crippen LogP contribution in [0.5, 0.6) is 11.5 Å². The van der Waals surface area contributed by atoms with E-state index < -0.39 is 0 Å². The third-order valence-corrected chi connectivity index (χ3v) is 2.88. The second-order valence-electron chi connectivity index (χ2n) is 4.36. The lowest BCUT2D eigenvalue weighted by atomic mass is 10.1. The maximum absolute atomic E-state index is 9.24. The van der Waals surface area contributed by atoms with Gasteiger partial charge in [-0.05, 0) is 36.1 Å². The summed E-state index contributed by atoms with van der Waals surface area (Å²) in [5.41, 5.74) is 2.06. The molecule has 2 N–H and O–H groups in total. The van der Waals surface area contributed by atoms with E-state index in [0.29, 0.717) is 11.5 Å². The molecule has 0 radical (unpaired) electrons. The molecule has 0 bridgehead atoms. The van der Waals surface area contributed by atoms with Gasteiger partial charge in [0.25, 0.3) is 0 Å². The van der Waals surface area contributed by atoms with Gasteiger partial charge in [0.2, 0.25) is 0 Å². The monoisotopic (exact) mass is 258 g/mol. The molecule has 0 fully saturated rings. The quantitative estimate of drug-likeness (QED) is 0.861. The maximum Gasteiger partial charge on any atom is 0.118 e. The van der Waals surface area contributed by atoms with Crippen molar-refractivity contribution in [3.05, 3.63) is 59.7 Å². The second-order valence-corrected chi connectivity index (χ2v) is 4.36. The van der Waals surface area contributed by atoms with Crippen molar-refractivity contribution in [2.24, 2.45) is 0 Å². The van der Waals surface area contributed by atoms with Crippen LogP contribution in [0.1, 0.15) is 31.4 Å². The van der Waals surface area contributed by atoms with Gasteiger partial charge in [0, 0.05) is 0 Å². The first-order valence-corrected chi connectivity index (χ1v) is 6.72. The lowest BCUT2D eigenvalue weighted by Crippen LogP contribution is -1.81. The highest BCUT2D eigenvalue weighted by atomic mass is 16.3. The highest BCUT2D eigenvalue weighted by Crippen LogP contribution is 2.16. The minimum absolute atomic E-state index is 0.403. The third kappa shape index (κ3) is 5.04. The summed E-state index contributed by atoms with van der Waals surface area (Å²) in [5, 5.41) is 18.4. The zero-order chi connectivity index (χ0) is 14.1. The van der Waals surface area contributed by atoms with Crippen molar-refractivity contribution >= 4 is 0 Å². The number of hydrogen-bond donors (Lipinski definition) is 2. The molecule has 0 saturated carbocycles. The Labute approximate surface area is 115 Å². The number of rotatable bonds is 3. The molecule has 0 aliphatic rings. The van der Waals surface area contributed by atoms with Gasteiger partial charge in [-0.25, -0.2) is 0 Å². The highest BCUT2D eigenvalue weighted by molar-refractivity contribution is 5.32. The predicted octanol–water partition coefficient (Wildman–Crippen LogP) is 4.30. The number of benzene rings is 2. The van der Waals surface area contributed by atoms with Crippen LogP contribution in [0.3, 0.4) is 0 Å². The number of phenols is 2. The first-order chi connectivity index (χ1) is 9.19. The molecule has 0 aliphatic carbocycles. The molecule has 102 valence electrons. The lowest BCUT2D eigenvalue weighted by molar-refractivity contribution is 0.467. The summed E-state index contributed by atoms with van der Waals surface area (Å²) in [6.07, 6.45) is 2.94. The van der Waals surface area contributed by atoms with E-state index >= 15 is 0 Å². The molecule has 0 heterocycles. The summed E-state index contributed by atoms with van der Waals surface area (Å²) < 4.78 is 0. The third-order valence-electron chi connectivity index (χ3n) is 2.88. The number of hydrogen-bond acceptors (Lipinski definition) is 2. The fourth-order valence-corrected chi connectivity index (χ4v) is 1.80. The number of aromatic hydroxyl groups is 2. The summed E-state index contributed by atoms with van der Waals surface area (Å²) in [7, 11) is 0. The molecule has 2 rings (SSSR count). The minimum atomic E-state index is 0.403. The van der Waals surface area contributed by atoms with Crippen LogP contribution < -0.4 is 0 Å². The van der Waals surface area contributed by atoms with E-state index in [0.717, 1.165) is 30.4 Å². The van der Waals surface area contributed by atoms with Gasteiger partial charge in [0.15, 0.2) is 0 Å². The van der Waals surface area contributed by atoms with Crippen LogP contribution in [0.2, 0.25) is 0 Å². The summed E-state index contributed by atoms with van der Waals surface area (Å²) in [6.45, 7) is 4.13. The molecule has 0 aromatic heterocycles. The van der Waals surface area contributed by atoms with Crippen LogP contribution >= 0.6 is 0 Å². The van der Waals surface area contributed by atoms with Crippen LogP contribution in [0.15, 0.2) is 48.5 Å². The smallest absolute Gasteiger partial charge is 0.118 e. The van der Waals surface area contributed by atoms with Crippen molar-refractivity contribution < 1.29 is 10.2 Å². The van der Waals surface area contributed by atoms with E-state index in [1.807, 2.05) is 43.3 Å². The highest BCUT2D eigenvalue weighted by Gasteiger charge is 1.95. The first kappa shape index (κ1) is 15.1. The normalized spacial score (nSPS) is 9.58. The van der Waals surface area contributed by atoms with Gasteiger partial charge in [-0.2, -0.15) is 0 Å². The first-order valence-electron chi connectivity index (χ1n) is 6.72. The van der Waals surface area contributed by atoms with Gasteiger partial charge in [-0.1, -0.05) is 56.7 Å². The number of aryl methyl sites for hydroxylation is 2. The van der Waals surface area contributed by atoms with Crippen LogP contribution in [0, 0.1) is 0 Å². The van der Waals surface area contributed by atoms with Crippen molar-refractivity contribution in [1.29, 1.82) is 0 Å². The van der Waals surface area contributed by atoms with E-state index in [2.05, 4.69) is 6.92 Å². The molecular formula is C17H22O2. The number of para-hydroxylation sites is 2. The van der Waals surface area contributed by atoms with Crippen LogP contribution in [0.25, 0.3) is 0 Å². The molecule has 2 aromatic carbocycles. The molecular weight excluding hydrogens is 236 g/mol. The second kappa shape index (κ2) is 8.20. The topological polar surface area (TPSA) is 40.5 Å². The zero-order valence-corrected chi connectivity index (χ0v) is 11.6. The fourth-order valence-electron chi connectivity index (χ4n) is 1.80. The Balaban J connectivity index is 0.000000191. The van der Waals surface area contributed by atoms with Gasteiger partial charge in [-0.3, -0.25) is 0 Å².